The maximum absolute atomic E-state index is 13.0. The third-order valence-electron chi connectivity index (χ3n) is 18.0. The Morgan fingerprint density at radius 3 is 0.866 bits per heavy atom. The molecule has 9 aromatic rings. The van der Waals surface area contributed by atoms with Crippen molar-refractivity contribution in [3.63, 3.8) is 0 Å². The summed E-state index contributed by atoms with van der Waals surface area (Å²) in [6.45, 7) is 21.3. The highest BCUT2D eigenvalue weighted by Crippen LogP contribution is 2.59. The van der Waals surface area contributed by atoms with Crippen LogP contribution >= 0.6 is 0 Å². The lowest BCUT2D eigenvalue weighted by Gasteiger charge is -2.59. The first-order valence-electron chi connectivity index (χ1n) is 36.1. The average molecular weight is 1630 g/mol. The van der Waals surface area contributed by atoms with E-state index in [4.69, 9.17) is 9.47 Å². The number of benzene rings is 9. The highest BCUT2D eigenvalue weighted by atomic mass is 32.2. The molecule has 4 saturated carbocycles. The minimum Gasteiger partial charge on any atom is -0.748 e. The molecule has 4 bridgehead atoms. The van der Waals surface area contributed by atoms with E-state index in [-0.39, 0.29) is 67.6 Å². The maximum atomic E-state index is 13.0. The molecule has 9 aromatic carbocycles. The predicted molar refractivity (Wildman–Crippen MR) is 437 cm³/mol. The largest absolute Gasteiger partial charge is 0.748 e. The van der Waals surface area contributed by atoms with E-state index in [0.717, 1.165) is 28.7 Å². The van der Waals surface area contributed by atoms with Gasteiger partial charge in [-0.1, -0.05) is 165 Å². The molecule has 112 heavy (non-hydrogen) atoms. The van der Waals surface area contributed by atoms with Gasteiger partial charge in [0.2, 0.25) is 0 Å². The van der Waals surface area contributed by atoms with E-state index in [9.17, 15) is 58.1 Å². The second-order valence-corrected chi connectivity index (χ2v) is 37.7. The predicted octanol–water partition coefficient (Wildman–Crippen LogP) is 16.4. The summed E-state index contributed by atoms with van der Waals surface area (Å²) in [4.78, 5) is 56.9. The van der Waals surface area contributed by atoms with Crippen LogP contribution in [0.3, 0.4) is 0 Å². The van der Waals surface area contributed by atoms with Crippen molar-refractivity contribution in [2.75, 3.05) is 43.7 Å². The summed E-state index contributed by atoms with van der Waals surface area (Å²) in [5.74, 6) is -0.892. The molecule has 592 valence electrons. The van der Waals surface area contributed by atoms with Crippen LogP contribution in [0.5, 0.6) is 5.75 Å². The molecule has 0 atom stereocenters. The van der Waals surface area contributed by atoms with Crippen LogP contribution in [-0.4, -0.2) is 112 Å². The van der Waals surface area contributed by atoms with Gasteiger partial charge in [0, 0.05) is 28.9 Å². The number of carbonyl (C=O) groups is 4. The molecule has 0 amide bonds. The van der Waals surface area contributed by atoms with Gasteiger partial charge in [-0.2, -0.15) is 0 Å². The minimum absolute atomic E-state index is 0.0146. The van der Waals surface area contributed by atoms with Crippen molar-refractivity contribution in [3.05, 3.63) is 302 Å². The molecule has 0 radical (unpaired) electrons. The molecule has 18 nitrogen and oxygen atoms in total. The molecule has 0 heterocycles. The van der Waals surface area contributed by atoms with Gasteiger partial charge in [-0.15, -0.1) is 0 Å². The molecule has 0 N–H and O–H groups in total. The molecule has 0 unspecified atom stereocenters. The van der Waals surface area contributed by atoms with Gasteiger partial charge < -0.3 is 37.3 Å². The van der Waals surface area contributed by atoms with Gasteiger partial charge in [0.25, 0.3) is 0 Å². The van der Waals surface area contributed by atoms with Crippen LogP contribution < -0.4 is 4.74 Å². The maximum Gasteiger partial charge on any atom is 0.344 e. The third-order valence-corrected chi connectivity index (χ3v) is 26.6. The van der Waals surface area contributed by atoms with Gasteiger partial charge in [-0.05, 0) is 212 Å². The van der Waals surface area contributed by atoms with E-state index in [0.29, 0.717) is 11.8 Å². The first-order valence-corrected chi connectivity index (χ1v) is 44.5. The average Bonchev–Trinajstić information content (AvgIpc) is 0.730. The van der Waals surface area contributed by atoms with Crippen LogP contribution in [0.4, 0.5) is 0 Å². The van der Waals surface area contributed by atoms with E-state index in [1.807, 2.05) is 0 Å². The van der Waals surface area contributed by atoms with E-state index < -0.39 is 85.3 Å². The van der Waals surface area contributed by atoms with Crippen LogP contribution in [0.25, 0.3) is 0 Å². The van der Waals surface area contributed by atoms with E-state index in [2.05, 4.69) is 310 Å². The molecule has 4 aliphatic rings. The van der Waals surface area contributed by atoms with E-state index in [1.165, 1.54) is 102 Å². The zero-order chi connectivity index (χ0) is 81.6. The topological polar surface area (TPSA) is 286 Å². The summed E-state index contributed by atoms with van der Waals surface area (Å²) < 4.78 is 116. The van der Waals surface area contributed by atoms with Gasteiger partial charge in [0.1, 0.15) is 31.2 Å². The molecule has 13 rings (SSSR count). The van der Waals surface area contributed by atoms with Crippen LogP contribution in [-0.2, 0) is 101 Å². The summed E-state index contributed by atoms with van der Waals surface area (Å²) in [6.07, 6.45) is 6.29. The minimum atomic E-state index is -4.30. The van der Waals surface area contributed by atoms with Crippen LogP contribution in [0.15, 0.2) is 329 Å². The zero-order valence-corrected chi connectivity index (χ0v) is 68.8. The second kappa shape index (κ2) is 43.6. The first kappa shape index (κ1) is 89.9. The van der Waals surface area contributed by atoms with Gasteiger partial charge in [-0.25, -0.2) is 44.4 Å². The Labute approximate surface area is 669 Å². The summed E-state index contributed by atoms with van der Waals surface area (Å²) >= 11 is 0. The lowest BCUT2D eigenvalue weighted by molar-refractivity contribution is -0.204. The molecule has 4 aliphatic carbocycles. The van der Waals surface area contributed by atoms with Crippen molar-refractivity contribution >= 4 is 86.9 Å². The summed E-state index contributed by atoms with van der Waals surface area (Å²) in [6, 6.07) is 88.3. The quantitative estimate of drug-likeness (QED) is 0.0169. The van der Waals surface area contributed by atoms with Crippen molar-refractivity contribution in [2.24, 2.45) is 23.7 Å². The van der Waals surface area contributed by atoms with E-state index in [1.54, 1.807) is 0 Å². The Morgan fingerprint density at radius 1 is 0.384 bits per heavy atom. The van der Waals surface area contributed by atoms with Gasteiger partial charge in [0.15, 0.2) is 50.7 Å². The highest BCUT2D eigenvalue weighted by Gasteiger charge is 2.57. The molecule has 24 heteroatoms. The number of aryl methyl sites for hydroxylation is 3. The van der Waals surface area contributed by atoms with Crippen molar-refractivity contribution in [3.8, 4) is 5.75 Å². The standard InChI is InChI=1S/C33H37O3S.C19H17S.C18H15S.3C6H10O5S/c1-22-14-30(37(28-10-6-4-7-11-28)29-12-8-5-9-13-29)15-23(2)32(22)35-21-31(34)36-33(3)26-17-24-16-25(19-26)20-27(33)18-24;1-16-12-14-19(15-13-16)20(17-8-4-2-5-9-17)18-10-6-3-7-11-18;1-4-10-16(11-5-1)19(17-12-6-2-7-13-17)18-14-8-3-9-15-18;3*1-5(2)6(7)11-3-4-12(8,9)10/h4-15,24-27H,16-21H2,1-3H3;2-15H,1H3;1-15H;3*1,3-4H2,2H3,(H,8,9,10)/q3*+1;;;/p-3. The number of hydrogen-bond donors (Lipinski definition) is 0. The number of esters is 4. The van der Waals surface area contributed by atoms with Gasteiger partial charge in [0.05, 0.1) is 80.3 Å². The molecule has 4 fully saturated rings. The highest BCUT2D eigenvalue weighted by molar-refractivity contribution is 7.97. The number of carbonyl (C=O) groups excluding carboxylic acids is 4. The molecular formula is C88H96O18S6. The fraction of sp³-hybridized carbons (Fsp3) is 0.273. The zero-order valence-electron chi connectivity index (χ0n) is 63.9. The lowest BCUT2D eigenvalue weighted by atomic mass is 9.50. The Bertz CT molecular complexity index is 4540. The Hall–Kier alpha value is -9.34. The summed E-state index contributed by atoms with van der Waals surface area (Å²) in [7, 11) is -13.2. The normalized spacial score (nSPS) is 16.4. The third kappa shape index (κ3) is 29.6. The van der Waals surface area contributed by atoms with Crippen LogP contribution in [0.1, 0.15) is 76.5 Å². The molecular weight excluding hydrogens is 1540 g/mol. The fourth-order valence-electron chi connectivity index (χ4n) is 12.8. The number of ether oxygens (including phenoxy) is 5. The van der Waals surface area contributed by atoms with Crippen molar-refractivity contribution in [2.45, 2.75) is 130 Å². The monoisotopic (exact) mass is 1630 g/mol. The smallest absolute Gasteiger partial charge is 0.344 e. The molecule has 0 aromatic heterocycles. The van der Waals surface area contributed by atoms with Crippen LogP contribution in [0.2, 0.25) is 0 Å². The number of hydrogen-bond acceptors (Lipinski definition) is 18. The molecule has 0 aliphatic heterocycles. The fourth-order valence-corrected chi connectivity index (χ4v) is 20.1. The second-order valence-electron chi connectivity index (χ2n) is 27.1. The summed E-state index contributed by atoms with van der Waals surface area (Å²) in [5, 5.41) is 0. The Morgan fingerprint density at radius 2 is 0.625 bits per heavy atom. The lowest BCUT2D eigenvalue weighted by Crippen LogP contribution is -2.58. The Balaban J connectivity index is 0.000000200. The first-order chi connectivity index (χ1) is 53.2. The molecule has 0 saturated heterocycles. The van der Waals surface area contributed by atoms with Crippen LogP contribution in [0, 0.1) is 44.4 Å². The molecule has 0 spiro atoms. The van der Waals surface area contributed by atoms with Crippen molar-refractivity contribution < 1.29 is 81.8 Å². The number of rotatable bonds is 25. The van der Waals surface area contributed by atoms with Gasteiger partial charge >= 0.3 is 23.9 Å². The van der Waals surface area contributed by atoms with E-state index >= 15 is 0 Å². The Kier molecular flexibility index (Phi) is 35.0. The van der Waals surface area contributed by atoms with Crippen molar-refractivity contribution in [1.29, 1.82) is 0 Å². The summed E-state index contributed by atoms with van der Waals surface area (Å²) in [5.41, 5.74) is 3.58. The van der Waals surface area contributed by atoms with Crippen molar-refractivity contribution in [1.82, 2.24) is 0 Å². The van der Waals surface area contributed by atoms with Gasteiger partial charge in [-0.3, -0.25) is 0 Å². The SMILES string of the molecule is C=C(C)C(=O)OCCS(=O)(=O)[O-].C=C(C)C(=O)OCCS(=O)(=O)[O-].C=C(C)C(=O)OCCS(=O)(=O)[O-].Cc1cc([S+](c2ccccc2)c2ccccc2)cc(C)c1OCC(=O)OC1(C)C2CC3CC(C2)CC1C3.Cc1ccc([S+](c2ccccc2)c2ccccc2)cc1.c1ccc([S+](c2ccccc2)c2ccccc2)cc1.